The Morgan fingerprint density at radius 3 is 2.56 bits per heavy atom. The van der Waals surface area contributed by atoms with Crippen molar-refractivity contribution in [3.05, 3.63) is 76.3 Å². The van der Waals surface area contributed by atoms with Crippen LogP contribution in [-0.2, 0) is 32.1 Å². The average molecular weight is 461 g/mol. The molecule has 9 nitrogen and oxygen atoms in total. The lowest BCUT2D eigenvalue weighted by Crippen LogP contribution is -2.42. The third-order valence-corrected chi connectivity index (χ3v) is 5.28. The summed E-state index contributed by atoms with van der Waals surface area (Å²) in [5.41, 5.74) is 2.35. The second-order valence-corrected chi connectivity index (χ2v) is 7.91. The van der Waals surface area contributed by atoms with Crippen molar-refractivity contribution >= 4 is 45.3 Å². The van der Waals surface area contributed by atoms with Crippen molar-refractivity contribution in [2.75, 3.05) is 5.32 Å². The quantitative estimate of drug-likeness (QED) is 0.286. The maximum absolute atomic E-state index is 12.9. The van der Waals surface area contributed by atoms with Crippen molar-refractivity contribution in [2.24, 2.45) is 0 Å². The highest BCUT2D eigenvalue weighted by Crippen LogP contribution is 2.23. The summed E-state index contributed by atoms with van der Waals surface area (Å²) in [5, 5.41) is 6.78. The maximum atomic E-state index is 12.9. The van der Waals surface area contributed by atoms with Gasteiger partial charge in [0.2, 0.25) is 11.8 Å². The van der Waals surface area contributed by atoms with E-state index in [1.165, 1.54) is 26.0 Å². The van der Waals surface area contributed by atoms with Crippen LogP contribution >= 0.6 is 0 Å². The molecule has 1 unspecified atom stereocenters. The zero-order valence-corrected chi connectivity index (χ0v) is 18.6. The van der Waals surface area contributed by atoms with Crippen molar-refractivity contribution in [2.45, 2.75) is 32.9 Å². The molecule has 2 amide bonds. The molecule has 9 heteroatoms. The molecule has 174 valence electrons. The minimum absolute atomic E-state index is 0.190. The zero-order chi connectivity index (χ0) is 24.2. The fraction of sp³-hybridized carbons (Fsp3) is 0.200. The first kappa shape index (κ1) is 22.8. The summed E-state index contributed by atoms with van der Waals surface area (Å²) in [6, 6.07) is 12.9. The summed E-state index contributed by atoms with van der Waals surface area (Å²) >= 11 is 0. The Hall–Kier alpha value is -4.40. The van der Waals surface area contributed by atoms with E-state index in [9.17, 15) is 19.2 Å². The number of aromatic nitrogens is 1. The molecule has 4 rings (SSSR count). The molecule has 0 saturated heterocycles. The fourth-order valence-electron chi connectivity index (χ4n) is 3.84. The molecule has 0 aliphatic heterocycles. The van der Waals surface area contributed by atoms with Gasteiger partial charge in [0.25, 0.3) is 0 Å². The van der Waals surface area contributed by atoms with Gasteiger partial charge in [-0.1, -0.05) is 18.2 Å². The predicted molar refractivity (Wildman–Crippen MR) is 126 cm³/mol. The van der Waals surface area contributed by atoms with Gasteiger partial charge in [0.05, 0.1) is 0 Å². The number of anilines is 1. The number of ether oxygens (including phenoxy) is 1. The smallest absolute Gasteiger partial charge is 0.336 e. The number of aromatic amines is 1. The Balaban J connectivity index is 1.54. The van der Waals surface area contributed by atoms with Gasteiger partial charge in [0, 0.05) is 66.1 Å². The van der Waals surface area contributed by atoms with Crippen LogP contribution in [0.5, 0.6) is 0 Å². The first-order valence-corrected chi connectivity index (χ1v) is 10.6. The van der Waals surface area contributed by atoms with Crippen molar-refractivity contribution < 1.29 is 23.5 Å². The lowest BCUT2D eigenvalue weighted by atomic mass is 10.0. The van der Waals surface area contributed by atoms with E-state index in [1.807, 2.05) is 24.3 Å². The number of hydrogen-bond acceptors (Lipinski definition) is 6. The molecule has 3 N–H and O–H groups in total. The van der Waals surface area contributed by atoms with Gasteiger partial charge in [-0.15, -0.1) is 0 Å². The van der Waals surface area contributed by atoms with Gasteiger partial charge in [0.1, 0.15) is 18.2 Å². The molecule has 0 bridgehead atoms. The molecule has 0 aliphatic carbocycles. The van der Waals surface area contributed by atoms with Crippen LogP contribution in [-0.4, -0.2) is 28.8 Å². The standard InChI is InChI=1S/C25H23N3O6/c1-14(29)27-18-7-8-20-17(10-24(31)34-23(20)11-18)13-33-25(32)22(28-15(2)30)9-16-12-26-21-6-4-3-5-19(16)21/h3-8,10-12,22,26H,9,13H2,1-2H3,(H,27,29)(H,28,30). The van der Waals surface area contributed by atoms with Crippen LogP contribution in [0.15, 0.2) is 63.9 Å². The SMILES string of the molecule is CC(=O)Nc1ccc2c(COC(=O)C(Cc3c[nH]c4ccccc34)NC(C)=O)cc(=O)oc2c1. The summed E-state index contributed by atoms with van der Waals surface area (Å²) in [7, 11) is 0. The van der Waals surface area contributed by atoms with E-state index in [0.29, 0.717) is 16.6 Å². The highest BCUT2D eigenvalue weighted by atomic mass is 16.5. The summed E-state index contributed by atoms with van der Waals surface area (Å²) in [6.45, 7) is 2.51. The number of carbonyl (C=O) groups excluding carboxylic acids is 3. The third-order valence-electron chi connectivity index (χ3n) is 5.28. The number of rotatable bonds is 7. The summed E-state index contributed by atoms with van der Waals surface area (Å²) < 4.78 is 10.7. The summed E-state index contributed by atoms with van der Waals surface area (Å²) in [5.74, 6) is -1.25. The molecule has 2 aromatic carbocycles. The van der Waals surface area contributed by atoms with E-state index in [0.717, 1.165) is 16.5 Å². The van der Waals surface area contributed by atoms with Gasteiger partial charge < -0.3 is 24.8 Å². The van der Waals surface area contributed by atoms with Crippen LogP contribution < -0.4 is 16.3 Å². The van der Waals surface area contributed by atoms with Gasteiger partial charge in [-0.2, -0.15) is 0 Å². The predicted octanol–water partition coefficient (Wildman–Crippen LogP) is 3.02. The van der Waals surface area contributed by atoms with Gasteiger partial charge in [-0.25, -0.2) is 9.59 Å². The number of esters is 1. The van der Waals surface area contributed by atoms with E-state index in [-0.39, 0.29) is 30.4 Å². The van der Waals surface area contributed by atoms with Gasteiger partial charge in [-0.3, -0.25) is 9.59 Å². The largest absolute Gasteiger partial charge is 0.459 e. The Bertz CT molecular complexity index is 1450. The van der Waals surface area contributed by atoms with Crippen LogP contribution in [0.3, 0.4) is 0 Å². The number of fused-ring (bicyclic) bond motifs is 2. The first-order chi connectivity index (χ1) is 16.3. The van der Waals surface area contributed by atoms with Crippen molar-refractivity contribution in [3.63, 3.8) is 0 Å². The van der Waals surface area contributed by atoms with Gasteiger partial charge >= 0.3 is 11.6 Å². The number of para-hydroxylation sites is 1. The highest BCUT2D eigenvalue weighted by Gasteiger charge is 2.23. The highest BCUT2D eigenvalue weighted by molar-refractivity contribution is 5.92. The number of H-pyrrole nitrogens is 1. The lowest BCUT2D eigenvalue weighted by molar-refractivity contribution is -0.148. The Kier molecular flexibility index (Phi) is 6.44. The monoisotopic (exact) mass is 461 g/mol. The summed E-state index contributed by atoms with van der Waals surface area (Å²) in [6.07, 6.45) is 2.04. The number of hydrogen-bond donors (Lipinski definition) is 3. The third kappa shape index (κ3) is 5.15. The Morgan fingerprint density at radius 1 is 1.00 bits per heavy atom. The van der Waals surface area contributed by atoms with Crippen LogP contribution in [0.25, 0.3) is 21.9 Å². The Labute approximate surface area is 194 Å². The van der Waals surface area contributed by atoms with Crippen LogP contribution in [0, 0.1) is 0 Å². The minimum atomic E-state index is -0.908. The molecule has 2 heterocycles. The Morgan fingerprint density at radius 2 is 1.79 bits per heavy atom. The molecule has 0 spiro atoms. The fourth-order valence-corrected chi connectivity index (χ4v) is 3.84. The molecule has 2 aromatic heterocycles. The molecular weight excluding hydrogens is 438 g/mol. The van der Waals surface area contributed by atoms with E-state index >= 15 is 0 Å². The average Bonchev–Trinajstić information content (AvgIpc) is 3.18. The first-order valence-electron chi connectivity index (χ1n) is 10.6. The van der Waals surface area contributed by atoms with Gasteiger partial charge in [-0.05, 0) is 23.8 Å². The minimum Gasteiger partial charge on any atom is -0.459 e. The van der Waals surface area contributed by atoms with E-state index < -0.39 is 17.6 Å². The van der Waals surface area contributed by atoms with Crippen molar-refractivity contribution in [1.82, 2.24) is 10.3 Å². The number of benzene rings is 2. The molecule has 0 radical (unpaired) electrons. The molecule has 4 aromatic rings. The van der Waals surface area contributed by atoms with Crippen LogP contribution in [0.2, 0.25) is 0 Å². The van der Waals surface area contributed by atoms with E-state index in [4.69, 9.17) is 9.15 Å². The number of carbonyl (C=O) groups is 3. The topological polar surface area (TPSA) is 130 Å². The summed E-state index contributed by atoms with van der Waals surface area (Å²) in [4.78, 5) is 51.1. The van der Waals surface area contributed by atoms with Crippen LogP contribution in [0.4, 0.5) is 5.69 Å². The van der Waals surface area contributed by atoms with Gasteiger partial charge in [0.15, 0.2) is 0 Å². The van der Waals surface area contributed by atoms with Crippen LogP contribution in [0.1, 0.15) is 25.0 Å². The lowest BCUT2D eigenvalue weighted by Gasteiger charge is -2.17. The molecule has 0 saturated carbocycles. The van der Waals surface area contributed by atoms with E-state index in [1.54, 1.807) is 18.3 Å². The van der Waals surface area contributed by atoms with E-state index in [2.05, 4.69) is 15.6 Å². The normalized spacial score (nSPS) is 11.8. The van der Waals surface area contributed by atoms with Crippen molar-refractivity contribution in [3.8, 4) is 0 Å². The molecular formula is C25H23N3O6. The maximum Gasteiger partial charge on any atom is 0.336 e. The number of nitrogens with one attached hydrogen (secondary N) is 3. The molecule has 1 atom stereocenters. The molecule has 34 heavy (non-hydrogen) atoms. The number of amides is 2. The second kappa shape index (κ2) is 9.62. The van der Waals surface area contributed by atoms with Crippen molar-refractivity contribution in [1.29, 1.82) is 0 Å². The second-order valence-electron chi connectivity index (χ2n) is 7.91. The molecule has 0 fully saturated rings. The zero-order valence-electron chi connectivity index (χ0n) is 18.6. The molecule has 0 aliphatic rings.